The summed E-state index contributed by atoms with van der Waals surface area (Å²) in [6.45, 7) is 27.4. The van der Waals surface area contributed by atoms with Crippen molar-refractivity contribution in [2.45, 2.75) is 105 Å². The van der Waals surface area contributed by atoms with Gasteiger partial charge < -0.3 is 14.2 Å². The standard InChI is InChI=1S/C77H74BN3OSi/c1-74(2,3)54-34-32-52(33-35-54)51-28-30-53(31-29-51)73-79-66-49-65-68(50-71(66)82-73)81(59-43-38-56(39-44-59)76(7,8)9)70-48-63(83(60-22-16-13-17-23-60,61-24-18-14-19-25-61)62-26-20-15-21-27-62)47-69-72(70)78(65)64-46-57(77(10,11)12)40-45-67(64)80(69)58-41-36-55(37-42-58)75(4,5)6/h13-50H,1-12H3. The molecule has 0 unspecified atom stereocenters. The number of aromatic nitrogens is 1. The Kier molecular flexibility index (Phi) is 12.9. The zero-order valence-electron chi connectivity index (χ0n) is 50.3. The van der Waals surface area contributed by atoms with E-state index in [2.05, 4.69) is 323 Å². The van der Waals surface area contributed by atoms with Crippen molar-refractivity contribution in [2.24, 2.45) is 0 Å². The number of anilines is 6. The summed E-state index contributed by atoms with van der Waals surface area (Å²) in [6.07, 6.45) is 0. The minimum Gasteiger partial charge on any atom is -0.436 e. The Hall–Kier alpha value is -8.45. The van der Waals surface area contributed by atoms with E-state index in [0.717, 1.165) is 45.0 Å². The lowest BCUT2D eigenvalue weighted by atomic mass is 9.33. The van der Waals surface area contributed by atoms with Gasteiger partial charge in [0.25, 0.3) is 6.71 Å². The van der Waals surface area contributed by atoms with Crippen molar-refractivity contribution >= 4 is 97.1 Å². The molecule has 2 aliphatic heterocycles. The molecule has 2 aliphatic rings. The molecule has 83 heavy (non-hydrogen) atoms. The maximum absolute atomic E-state index is 7.02. The zero-order valence-corrected chi connectivity index (χ0v) is 51.3. The number of hydrogen-bond donors (Lipinski definition) is 0. The van der Waals surface area contributed by atoms with Gasteiger partial charge in [-0.15, -0.1) is 0 Å². The van der Waals surface area contributed by atoms with Crippen molar-refractivity contribution in [2.75, 3.05) is 9.80 Å². The minimum absolute atomic E-state index is 0.0161. The van der Waals surface area contributed by atoms with Crippen molar-refractivity contribution in [3.8, 4) is 22.6 Å². The van der Waals surface area contributed by atoms with Crippen molar-refractivity contribution < 1.29 is 4.42 Å². The molecule has 0 spiro atoms. The van der Waals surface area contributed by atoms with Gasteiger partial charge in [0, 0.05) is 45.8 Å². The molecule has 0 fully saturated rings. The van der Waals surface area contributed by atoms with E-state index in [1.54, 1.807) is 0 Å². The molecule has 11 aromatic rings. The number of hydrogen-bond acceptors (Lipinski definition) is 4. The maximum Gasteiger partial charge on any atom is 0.252 e. The van der Waals surface area contributed by atoms with Gasteiger partial charge in [0.15, 0.2) is 13.7 Å². The molecule has 6 heteroatoms. The molecule has 4 nitrogen and oxygen atoms in total. The molecule has 1 aromatic heterocycles. The molecule has 0 amide bonds. The monoisotopic (exact) mass is 1100 g/mol. The lowest BCUT2D eigenvalue weighted by Crippen LogP contribution is -2.75. The van der Waals surface area contributed by atoms with Gasteiger partial charge in [0.05, 0.1) is 0 Å². The Morgan fingerprint density at radius 3 is 1.18 bits per heavy atom. The van der Waals surface area contributed by atoms with E-state index >= 15 is 0 Å². The number of fused-ring (bicyclic) bond motifs is 5. The van der Waals surface area contributed by atoms with Crippen LogP contribution >= 0.6 is 0 Å². The van der Waals surface area contributed by atoms with Crippen molar-refractivity contribution in [3.05, 3.63) is 253 Å². The van der Waals surface area contributed by atoms with E-state index in [-0.39, 0.29) is 28.4 Å². The van der Waals surface area contributed by atoms with Gasteiger partial charge in [0.2, 0.25) is 5.89 Å². The first-order chi connectivity index (χ1) is 39.7. The summed E-state index contributed by atoms with van der Waals surface area (Å²) >= 11 is 0. The van der Waals surface area contributed by atoms with Gasteiger partial charge >= 0.3 is 0 Å². The number of oxazole rings is 1. The average Bonchev–Trinajstić information content (AvgIpc) is 2.48. The Morgan fingerprint density at radius 2 is 0.735 bits per heavy atom. The lowest BCUT2D eigenvalue weighted by Gasteiger charge is -2.46. The van der Waals surface area contributed by atoms with Crippen LogP contribution in [0.15, 0.2) is 235 Å². The van der Waals surface area contributed by atoms with Gasteiger partial charge in [-0.05, 0) is 153 Å². The normalized spacial score (nSPS) is 13.5. The van der Waals surface area contributed by atoms with Crippen LogP contribution in [0, 0.1) is 0 Å². The summed E-state index contributed by atoms with van der Waals surface area (Å²) < 4.78 is 7.02. The molecule has 10 aromatic carbocycles. The number of rotatable bonds is 8. The summed E-state index contributed by atoms with van der Waals surface area (Å²) in [5.41, 5.74) is 20.5. The molecule has 0 N–H and O–H groups in total. The molecular weight excluding hydrogens is 1020 g/mol. The summed E-state index contributed by atoms with van der Waals surface area (Å²) in [6, 6.07) is 87.6. The van der Waals surface area contributed by atoms with Crippen molar-refractivity contribution in [3.63, 3.8) is 0 Å². The number of benzene rings is 10. The molecule has 13 rings (SSSR count). The largest absolute Gasteiger partial charge is 0.436 e. The van der Waals surface area contributed by atoms with Crippen LogP contribution in [0.25, 0.3) is 33.7 Å². The fourth-order valence-electron chi connectivity index (χ4n) is 13.0. The Labute approximate surface area is 493 Å². The Bertz CT molecular complexity index is 4100. The highest BCUT2D eigenvalue weighted by molar-refractivity contribution is 7.20. The van der Waals surface area contributed by atoms with E-state index in [9.17, 15) is 0 Å². The van der Waals surface area contributed by atoms with Gasteiger partial charge in [-0.2, -0.15) is 0 Å². The van der Waals surface area contributed by atoms with Crippen LogP contribution in [0.2, 0.25) is 0 Å². The predicted molar refractivity (Wildman–Crippen MR) is 357 cm³/mol. The molecule has 0 aliphatic carbocycles. The topological polar surface area (TPSA) is 32.5 Å². The third-order valence-electron chi connectivity index (χ3n) is 17.7. The molecule has 0 atom stereocenters. The van der Waals surface area contributed by atoms with Gasteiger partial charge in [-0.25, -0.2) is 4.98 Å². The lowest BCUT2D eigenvalue weighted by molar-refractivity contribution is 0.590. The summed E-state index contributed by atoms with van der Waals surface area (Å²) in [4.78, 5) is 10.5. The third kappa shape index (κ3) is 9.36. The predicted octanol–water partition coefficient (Wildman–Crippen LogP) is 15.8. The second-order valence-corrected chi connectivity index (χ2v) is 31.1. The maximum atomic E-state index is 7.02. The van der Waals surface area contributed by atoms with Crippen LogP contribution in [0.4, 0.5) is 34.1 Å². The second-order valence-electron chi connectivity index (χ2n) is 27.3. The summed E-state index contributed by atoms with van der Waals surface area (Å²) in [5.74, 6) is 0.604. The van der Waals surface area contributed by atoms with Crippen molar-refractivity contribution in [1.29, 1.82) is 0 Å². The highest BCUT2D eigenvalue weighted by atomic mass is 28.3. The number of nitrogens with zero attached hydrogens (tertiary/aromatic N) is 3. The molecule has 3 heterocycles. The first-order valence-corrected chi connectivity index (χ1v) is 31.6. The highest BCUT2D eigenvalue weighted by Gasteiger charge is 2.48. The Balaban J connectivity index is 1.12. The first-order valence-electron chi connectivity index (χ1n) is 29.6. The van der Waals surface area contributed by atoms with E-state index in [0.29, 0.717) is 5.89 Å². The minimum atomic E-state index is -3.15. The average molecular weight is 1100 g/mol. The zero-order chi connectivity index (χ0) is 57.8. The van der Waals surface area contributed by atoms with E-state index < -0.39 is 8.07 Å². The van der Waals surface area contributed by atoms with Gasteiger partial charge in [-0.1, -0.05) is 247 Å². The fraction of sp³-hybridized carbons (Fsp3) is 0.208. The van der Waals surface area contributed by atoms with Gasteiger partial charge in [-0.3, -0.25) is 0 Å². The van der Waals surface area contributed by atoms with Crippen molar-refractivity contribution in [1.82, 2.24) is 4.98 Å². The molecule has 0 saturated carbocycles. The Morgan fingerprint density at radius 1 is 0.349 bits per heavy atom. The van der Waals surface area contributed by atoms with Crippen LogP contribution in [-0.4, -0.2) is 19.8 Å². The van der Waals surface area contributed by atoms with Gasteiger partial charge in [0.1, 0.15) is 5.52 Å². The molecule has 0 radical (unpaired) electrons. The molecular formula is C77H74BN3OSi. The summed E-state index contributed by atoms with van der Waals surface area (Å²) in [7, 11) is -3.15. The van der Waals surface area contributed by atoms with Crippen LogP contribution in [-0.2, 0) is 21.7 Å². The molecule has 0 bridgehead atoms. The van der Waals surface area contributed by atoms with E-state index in [4.69, 9.17) is 9.40 Å². The van der Waals surface area contributed by atoms with Crippen LogP contribution in [0.5, 0.6) is 0 Å². The second kappa shape index (κ2) is 19.9. The SMILES string of the molecule is CC(C)(C)c1ccc(-c2ccc(-c3nc4cc5c(cc4o3)N(c3ccc(C(C)(C)C)cc3)c3cc([Si](c4ccccc4)(c4ccccc4)c4ccccc4)cc4c3B5c3cc(C(C)(C)C)ccc3N4c3ccc(C(C)(C)C)cc3)cc2)cc1. The van der Waals surface area contributed by atoms with E-state index in [1.165, 1.54) is 76.3 Å². The first kappa shape index (κ1) is 53.8. The van der Waals surface area contributed by atoms with Crippen LogP contribution < -0.4 is 46.9 Å². The fourth-order valence-corrected chi connectivity index (χ4v) is 17.8. The quantitative estimate of drug-likeness (QED) is 0.112. The molecule has 410 valence electrons. The highest BCUT2D eigenvalue weighted by Crippen LogP contribution is 2.46. The molecule has 0 saturated heterocycles. The summed E-state index contributed by atoms with van der Waals surface area (Å²) in [5, 5.41) is 5.28. The third-order valence-corrected chi connectivity index (χ3v) is 22.4. The smallest absolute Gasteiger partial charge is 0.252 e. The van der Waals surface area contributed by atoms with E-state index in [1.807, 2.05) is 0 Å². The van der Waals surface area contributed by atoms with Crippen LogP contribution in [0.3, 0.4) is 0 Å². The van der Waals surface area contributed by atoms with Crippen LogP contribution in [0.1, 0.15) is 105 Å².